The lowest BCUT2D eigenvalue weighted by Gasteiger charge is -2.23. The predicted octanol–water partition coefficient (Wildman–Crippen LogP) is 5.43. The van der Waals surface area contributed by atoms with Gasteiger partial charge in [-0.05, 0) is 39.0 Å². The van der Waals surface area contributed by atoms with Crippen molar-refractivity contribution in [3.8, 4) is 0 Å². The number of hydrogen-bond donors (Lipinski definition) is 3. The van der Waals surface area contributed by atoms with Crippen molar-refractivity contribution in [1.82, 2.24) is 0 Å². The minimum atomic E-state index is -2.67. The molecule has 0 saturated carbocycles. The number of unbranched alkanes of at least 4 members (excludes halogenated alkanes) is 11. The normalized spacial score (nSPS) is 13.7. The first-order valence-corrected chi connectivity index (χ1v) is 13.0. The number of esters is 1. The van der Waals surface area contributed by atoms with Crippen molar-refractivity contribution in [3.05, 3.63) is 0 Å². The SMILES string of the molecule is CCCCCCCCCC(CCCCCCCCC(C)=O)OC(=O)CC(O)(CC(=O)O)C(=O)O. The van der Waals surface area contributed by atoms with Gasteiger partial charge in [0.1, 0.15) is 11.9 Å². The lowest BCUT2D eigenvalue weighted by molar-refractivity contribution is -0.173. The van der Waals surface area contributed by atoms with Crippen molar-refractivity contribution in [3.63, 3.8) is 0 Å². The van der Waals surface area contributed by atoms with Gasteiger partial charge in [-0.2, -0.15) is 0 Å². The Labute approximate surface area is 204 Å². The Morgan fingerprint density at radius 1 is 0.735 bits per heavy atom. The van der Waals surface area contributed by atoms with E-state index in [0.717, 1.165) is 57.8 Å². The maximum Gasteiger partial charge on any atom is 0.336 e. The van der Waals surface area contributed by atoms with Gasteiger partial charge in [-0.15, -0.1) is 0 Å². The van der Waals surface area contributed by atoms with Crippen LogP contribution >= 0.6 is 0 Å². The minimum Gasteiger partial charge on any atom is -0.481 e. The average molecular weight is 487 g/mol. The summed E-state index contributed by atoms with van der Waals surface area (Å²) in [7, 11) is 0. The summed E-state index contributed by atoms with van der Waals surface area (Å²) in [6.45, 7) is 3.78. The summed E-state index contributed by atoms with van der Waals surface area (Å²) in [4.78, 5) is 45.5. The van der Waals surface area contributed by atoms with Crippen molar-refractivity contribution in [1.29, 1.82) is 0 Å². The van der Waals surface area contributed by atoms with Crippen LogP contribution < -0.4 is 0 Å². The molecule has 2 atom stereocenters. The van der Waals surface area contributed by atoms with Gasteiger partial charge in [0, 0.05) is 6.42 Å². The molecule has 0 aliphatic rings. The third-order valence-corrected chi connectivity index (χ3v) is 6.01. The van der Waals surface area contributed by atoms with Crippen LogP contribution in [0.2, 0.25) is 0 Å². The summed E-state index contributed by atoms with van der Waals surface area (Å²) in [6.07, 6.45) is 13.4. The number of hydrogen-bond acceptors (Lipinski definition) is 6. The van der Waals surface area contributed by atoms with E-state index in [-0.39, 0.29) is 11.9 Å². The van der Waals surface area contributed by atoms with Crippen molar-refractivity contribution in [2.75, 3.05) is 0 Å². The number of carboxylic acid groups (broad SMARTS) is 2. The number of aliphatic carboxylic acids is 2. The smallest absolute Gasteiger partial charge is 0.336 e. The minimum absolute atomic E-state index is 0.216. The third kappa shape index (κ3) is 17.5. The zero-order chi connectivity index (χ0) is 25.8. The molecule has 0 aromatic carbocycles. The molecule has 0 aromatic heterocycles. The lowest BCUT2D eigenvalue weighted by atomic mass is 9.95. The fourth-order valence-corrected chi connectivity index (χ4v) is 3.97. The van der Waals surface area contributed by atoms with Gasteiger partial charge >= 0.3 is 17.9 Å². The Morgan fingerprint density at radius 2 is 1.21 bits per heavy atom. The molecule has 0 rings (SSSR count). The van der Waals surface area contributed by atoms with Crippen LogP contribution in [0.1, 0.15) is 129 Å². The molecular weight excluding hydrogens is 440 g/mol. The second-order valence-corrected chi connectivity index (χ2v) is 9.47. The van der Waals surface area contributed by atoms with Crippen LogP contribution in [0.25, 0.3) is 0 Å². The van der Waals surface area contributed by atoms with E-state index in [1.165, 1.54) is 25.7 Å². The summed E-state index contributed by atoms with van der Waals surface area (Å²) in [5.41, 5.74) is -2.67. The second-order valence-electron chi connectivity index (χ2n) is 9.47. The monoisotopic (exact) mass is 486 g/mol. The molecule has 0 aromatic rings. The van der Waals surface area contributed by atoms with Gasteiger partial charge in [0.25, 0.3) is 0 Å². The molecule has 34 heavy (non-hydrogen) atoms. The highest BCUT2D eigenvalue weighted by Gasteiger charge is 2.41. The molecule has 0 radical (unpaired) electrons. The molecule has 2 unspecified atom stereocenters. The highest BCUT2D eigenvalue weighted by molar-refractivity contribution is 5.88. The van der Waals surface area contributed by atoms with Crippen molar-refractivity contribution in [2.24, 2.45) is 0 Å². The van der Waals surface area contributed by atoms with Crippen LogP contribution in [0, 0.1) is 0 Å². The molecule has 0 heterocycles. The second kappa shape index (κ2) is 19.4. The van der Waals surface area contributed by atoms with Crippen molar-refractivity contribution in [2.45, 2.75) is 141 Å². The molecule has 0 amide bonds. The lowest BCUT2D eigenvalue weighted by Crippen LogP contribution is -2.43. The molecule has 0 fully saturated rings. The summed E-state index contributed by atoms with van der Waals surface area (Å²) in [5.74, 6) is -3.92. The van der Waals surface area contributed by atoms with E-state index >= 15 is 0 Å². The maximum atomic E-state index is 12.4. The van der Waals surface area contributed by atoms with Gasteiger partial charge in [0.2, 0.25) is 0 Å². The first kappa shape index (κ1) is 32.0. The molecule has 0 aliphatic heterocycles. The number of carboxylic acids is 2. The highest BCUT2D eigenvalue weighted by atomic mass is 16.5. The molecule has 8 heteroatoms. The number of aliphatic hydroxyl groups is 1. The van der Waals surface area contributed by atoms with E-state index in [1.54, 1.807) is 6.92 Å². The van der Waals surface area contributed by atoms with Crippen LogP contribution in [0.3, 0.4) is 0 Å². The first-order chi connectivity index (χ1) is 16.1. The standard InChI is InChI=1S/C26H46O8/c1-3-4-5-6-7-11-14-17-22(18-15-12-9-8-10-13-16-21(2)27)34-24(30)20-26(33,25(31)32)19-23(28)29/h22,33H,3-20H2,1-2H3,(H,28,29)(H,31,32). The first-order valence-electron chi connectivity index (χ1n) is 13.0. The number of rotatable bonds is 23. The molecule has 0 aliphatic carbocycles. The Morgan fingerprint density at radius 3 is 1.65 bits per heavy atom. The highest BCUT2D eigenvalue weighted by Crippen LogP contribution is 2.21. The molecule has 0 bridgehead atoms. The van der Waals surface area contributed by atoms with E-state index in [0.29, 0.717) is 19.3 Å². The van der Waals surface area contributed by atoms with E-state index in [2.05, 4.69) is 6.92 Å². The molecule has 3 N–H and O–H groups in total. The van der Waals surface area contributed by atoms with E-state index < -0.39 is 36.4 Å². The average Bonchev–Trinajstić information content (AvgIpc) is 2.73. The van der Waals surface area contributed by atoms with Gasteiger partial charge in [-0.3, -0.25) is 9.59 Å². The van der Waals surface area contributed by atoms with Gasteiger partial charge in [-0.1, -0.05) is 71.1 Å². The fraction of sp³-hybridized carbons (Fsp3) is 0.846. The van der Waals surface area contributed by atoms with E-state index in [4.69, 9.17) is 9.84 Å². The molecule has 0 saturated heterocycles. The summed E-state index contributed by atoms with van der Waals surface area (Å²) < 4.78 is 5.50. The van der Waals surface area contributed by atoms with E-state index in [9.17, 15) is 29.4 Å². The van der Waals surface area contributed by atoms with E-state index in [1.807, 2.05) is 0 Å². The molecule has 198 valence electrons. The fourth-order valence-electron chi connectivity index (χ4n) is 3.97. The third-order valence-electron chi connectivity index (χ3n) is 6.01. The van der Waals surface area contributed by atoms with Crippen LogP contribution in [-0.4, -0.2) is 50.7 Å². The van der Waals surface area contributed by atoms with Gasteiger partial charge in [-0.25, -0.2) is 4.79 Å². The van der Waals surface area contributed by atoms with Crippen molar-refractivity contribution >= 4 is 23.7 Å². The summed E-state index contributed by atoms with van der Waals surface area (Å²) in [6, 6.07) is 0. The Hall–Kier alpha value is -1.96. The maximum absolute atomic E-state index is 12.4. The molecular formula is C26H46O8. The number of carbonyl (C=O) groups excluding carboxylic acids is 2. The van der Waals surface area contributed by atoms with Gasteiger partial charge < -0.3 is 24.9 Å². The summed E-state index contributed by atoms with van der Waals surface area (Å²) >= 11 is 0. The topological polar surface area (TPSA) is 138 Å². The Kier molecular flexibility index (Phi) is 18.2. The molecule has 0 spiro atoms. The van der Waals surface area contributed by atoms with Crippen LogP contribution in [0.15, 0.2) is 0 Å². The zero-order valence-electron chi connectivity index (χ0n) is 21.2. The Balaban J connectivity index is 4.58. The number of carbonyl (C=O) groups is 4. The number of ketones is 1. The zero-order valence-corrected chi connectivity index (χ0v) is 21.2. The Bertz CT molecular complexity index is 604. The predicted molar refractivity (Wildman–Crippen MR) is 130 cm³/mol. The van der Waals surface area contributed by atoms with Crippen LogP contribution in [0.4, 0.5) is 0 Å². The van der Waals surface area contributed by atoms with Gasteiger partial charge in [0.05, 0.1) is 12.8 Å². The largest absolute Gasteiger partial charge is 0.481 e. The van der Waals surface area contributed by atoms with Crippen LogP contribution in [0.5, 0.6) is 0 Å². The van der Waals surface area contributed by atoms with Gasteiger partial charge in [0.15, 0.2) is 5.60 Å². The number of Topliss-reactive ketones (excluding diaryl/α,β-unsaturated/α-hetero) is 1. The number of ether oxygens (including phenoxy) is 1. The van der Waals surface area contributed by atoms with Crippen LogP contribution in [-0.2, 0) is 23.9 Å². The van der Waals surface area contributed by atoms with Crippen molar-refractivity contribution < 1.29 is 39.2 Å². The molecule has 8 nitrogen and oxygen atoms in total. The quantitative estimate of drug-likeness (QED) is 0.128. The summed E-state index contributed by atoms with van der Waals surface area (Å²) in [5, 5.41) is 28.2.